The van der Waals surface area contributed by atoms with Crippen LogP contribution in [0.15, 0.2) is 27.3 Å². The largest absolute Gasteiger partial charge is 0.464 e. The first kappa shape index (κ1) is 11.7. The van der Waals surface area contributed by atoms with Gasteiger partial charge in [0.15, 0.2) is 0 Å². The predicted molar refractivity (Wildman–Crippen MR) is 70.9 cm³/mol. The number of halogens is 1. The zero-order chi connectivity index (χ0) is 11.5. The van der Waals surface area contributed by atoms with Gasteiger partial charge in [0.05, 0.1) is 6.26 Å². The van der Waals surface area contributed by atoms with Gasteiger partial charge >= 0.3 is 0 Å². The second kappa shape index (κ2) is 5.02. The van der Waals surface area contributed by atoms with Gasteiger partial charge in [0.25, 0.3) is 0 Å². The standard InChI is InChI=1S/C13H16BrNO/c1-3-15-7-6-10-8-16-13-9(2)4-5-11(14)12(10)13/h4-5,8,15H,3,6-7H2,1-2H3. The summed E-state index contributed by atoms with van der Waals surface area (Å²) >= 11 is 3.59. The molecule has 1 heterocycles. The molecule has 0 atom stereocenters. The maximum absolute atomic E-state index is 5.63. The molecule has 86 valence electrons. The molecule has 2 nitrogen and oxygen atoms in total. The molecule has 0 saturated carbocycles. The number of rotatable bonds is 4. The normalized spacial score (nSPS) is 11.2. The molecule has 0 aliphatic rings. The number of aryl methyl sites for hydroxylation is 1. The Hall–Kier alpha value is -0.800. The first-order valence-corrected chi connectivity index (χ1v) is 6.39. The molecule has 0 spiro atoms. The van der Waals surface area contributed by atoms with Crippen molar-refractivity contribution >= 4 is 26.9 Å². The molecule has 0 radical (unpaired) electrons. The van der Waals surface area contributed by atoms with Crippen molar-refractivity contribution in [1.82, 2.24) is 5.32 Å². The Morgan fingerprint density at radius 1 is 1.38 bits per heavy atom. The highest BCUT2D eigenvalue weighted by molar-refractivity contribution is 9.10. The zero-order valence-electron chi connectivity index (χ0n) is 9.64. The third-order valence-electron chi connectivity index (χ3n) is 2.76. The molecule has 16 heavy (non-hydrogen) atoms. The SMILES string of the molecule is CCNCCc1coc2c(C)ccc(Br)c12. The van der Waals surface area contributed by atoms with Crippen molar-refractivity contribution in [1.29, 1.82) is 0 Å². The summed E-state index contributed by atoms with van der Waals surface area (Å²) in [7, 11) is 0. The van der Waals surface area contributed by atoms with Crippen molar-refractivity contribution in [2.24, 2.45) is 0 Å². The monoisotopic (exact) mass is 281 g/mol. The molecule has 3 heteroatoms. The van der Waals surface area contributed by atoms with Crippen molar-refractivity contribution in [2.45, 2.75) is 20.3 Å². The van der Waals surface area contributed by atoms with Crippen LogP contribution in [0.4, 0.5) is 0 Å². The number of furan rings is 1. The van der Waals surface area contributed by atoms with Crippen LogP contribution in [0.3, 0.4) is 0 Å². The number of benzene rings is 1. The van der Waals surface area contributed by atoms with E-state index in [4.69, 9.17) is 4.42 Å². The van der Waals surface area contributed by atoms with Crippen molar-refractivity contribution < 1.29 is 4.42 Å². The van der Waals surface area contributed by atoms with Crippen LogP contribution < -0.4 is 5.32 Å². The van der Waals surface area contributed by atoms with Gasteiger partial charge in [-0.05, 0) is 38.1 Å². The lowest BCUT2D eigenvalue weighted by atomic mass is 10.1. The van der Waals surface area contributed by atoms with E-state index in [-0.39, 0.29) is 0 Å². The molecule has 0 bridgehead atoms. The summed E-state index contributed by atoms with van der Waals surface area (Å²) in [6, 6.07) is 4.16. The van der Waals surface area contributed by atoms with Gasteiger partial charge in [0.2, 0.25) is 0 Å². The Kier molecular flexibility index (Phi) is 3.66. The highest BCUT2D eigenvalue weighted by atomic mass is 79.9. The summed E-state index contributed by atoms with van der Waals surface area (Å²) < 4.78 is 6.75. The van der Waals surface area contributed by atoms with Gasteiger partial charge in [-0.1, -0.05) is 28.9 Å². The summed E-state index contributed by atoms with van der Waals surface area (Å²) in [5, 5.41) is 4.55. The number of likely N-dealkylation sites (N-methyl/N-ethyl adjacent to an activating group) is 1. The highest BCUT2D eigenvalue weighted by Crippen LogP contribution is 2.31. The fourth-order valence-corrected chi connectivity index (χ4v) is 2.45. The molecule has 0 fully saturated rings. The fourth-order valence-electron chi connectivity index (χ4n) is 1.89. The molecular formula is C13H16BrNO. The minimum absolute atomic E-state index is 0.992. The van der Waals surface area contributed by atoms with Gasteiger partial charge in [-0.2, -0.15) is 0 Å². The lowest BCUT2D eigenvalue weighted by molar-refractivity contribution is 0.605. The Balaban J connectivity index is 2.36. The Labute approximate surface area is 104 Å². The molecule has 0 aliphatic heterocycles. The number of hydrogen-bond acceptors (Lipinski definition) is 2. The summed E-state index contributed by atoms with van der Waals surface area (Å²) in [4.78, 5) is 0. The van der Waals surface area contributed by atoms with Crippen LogP contribution in [-0.4, -0.2) is 13.1 Å². The summed E-state index contributed by atoms with van der Waals surface area (Å²) in [6.07, 6.45) is 2.88. The first-order chi connectivity index (χ1) is 7.74. The van der Waals surface area contributed by atoms with E-state index in [1.165, 1.54) is 16.5 Å². The van der Waals surface area contributed by atoms with E-state index < -0.39 is 0 Å². The van der Waals surface area contributed by atoms with Crippen LogP contribution in [0, 0.1) is 6.92 Å². The van der Waals surface area contributed by atoms with Crippen LogP contribution in [0.25, 0.3) is 11.0 Å². The average Bonchev–Trinajstić information content (AvgIpc) is 2.69. The smallest absolute Gasteiger partial charge is 0.138 e. The van der Waals surface area contributed by atoms with E-state index in [2.05, 4.69) is 47.2 Å². The summed E-state index contributed by atoms with van der Waals surface area (Å²) in [5.41, 5.74) is 3.46. The van der Waals surface area contributed by atoms with Gasteiger partial charge in [-0.15, -0.1) is 0 Å². The topological polar surface area (TPSA) is 25.2 Å². The minimum Gasteiger partial charge on any atom is -0.464 e. The molecule has 2 rings (SSSR count). The van der Waals surface area contributed by atoms with Crippen molar-refractivity contribution in [3.63, 3.8) is 0 Å². The lowest BCUT2D eigenvalue weighted by Crippen LogP contribution is -2.15. The highest BCUT2D eigenvalue weighted by Gasteiger charge is 2.10. The van der Waals surface area contributed by atoms with E-state index in [0.29, 0.717) is 0 Å². The zero-order valence-corrected chi connectivity index (χ0v) is 11.2. The molecule has 1 aromatic heterocycles. The van der Waals surface area contributed by atoms with Gasteiger partial charge in [-0.3, -0.25) is 0 Å². The van der Waals surface area contributed by atoms with Gasteiger partial charge in [0, 0.05) is 15.4 Å². The third kappa shape index (κ3) is 2.15. The molecular weight excluding hydrogens is 266 g/mol. The molecule has 1 aromatic carbocycles. The maximum atomic E-state index is 5.63. The minimum atomic E-state index is 0.992. The third-order valence-corrected chi connectivity index (χ3v) is 3.43. The van der Waals surface area contributed by atoms with E-state index in [1.54, 1.807) is 0 Å². The lowest BCUT2D eigenvalue weighted by Gasteiger charge is -2.02. The molecule has 0 aliphatic carbocycles. The first-order valence-electron chi connectivity index (χ1n) is 5.60. The van der Waals surface area contributed by atoms with Crippen molar-refractivity contribution in [3.05, 3.63) is 34.0 Å². The molecule has 0 amide bonds. The van der Waals surface area contributed by atoms with Crippen LogP contribution in [-0.2, 0) is 6.42 Å². The molecule has 0 unspecified atom stereocenters. The van der Waals surface area contributed by atoms with Crippen LogP contribution in [0.1, 0.15) is 18.1 Å². The van der Waals surface area contributed by atoms with Crippen molar-refractivity contribution in [3.8, 4) is 0 Å². The second-order valence-electron chi connectivity index (χ2n) is 3.93. The summed E-state index contributed by atoms with van der Waals surface area (Å²) in [6.45, 7) is 6.20. The summed E-state index contributed by atoms with van der Waals surface area (Å²) in [5.74, 6) is 0. The average molecular weight is 282 g/mol. The Morgan fingerprint density at radius 2 is 2.19 bits per heavy atom. The fraction of sp³-hybridized carbons (Fsp3) is 0.385. The van der Waals surface area contributed by atoms with Gasteiger partial charge in [0.1, 0.15) is 5.58 Å². The predicted octanol–water partition coefficient (Wildman–Crippen LogP) is 3.66. The van der Waals surface area contributed by atoms with Crippen LogP contribution >= 0.6 is 15.9 Å². The molecule has 0 saturated heterocycles. The van der Waals surface area contributed by atoms with Crippen LogP contribution in [0.5, 0.6) is 0 Å². The Bertz CT molecular complexity index is 490. The van der Waals surface area contributed by atoms with Gasteiger partial charge in [-0.25, -0.2) is 0 Å². The number of fused-ring (bicyclic) bond motifs is 1. The maximum Gasteiger partial charge on any atom is 0.138 e. The Morgan fingerprint density at radius 3 is 2.94 bits per heavy atom. The van der Waals surface area contributed by atoms with Crippen LogP contribution in [0.2, 0.25) is 0 Å². The second-order valence-corrected chi connectivity index (χ2v) is 4.79. The number of nitrogens with one attached hydrogen (secondary N) is 1. The van der Waals surface area contributed by atoms with Crippen molar-refractivity contribution in [2.75, 3.05) is 13.1 Å². The molecule has 1 N–H and O–H groups in total. The quantitative estimate of drug-likeness (QED) is 0.866. The van der Waals surface area contributed by atoms with Gasteiger partial charge < -0.3 is 9.73 Å². The van der Waals surface area contributed by atoms with E-state index in [9.17, 15) is 0 Å². The van der Waals surface area contributed by atoms with E-state index >= 15 is 0 Å². The van der Waals surface area contributed by atoms with E-state index in [0.717, 1.165) is 29.6 Å². The molecule has 2 aromatic rings. The number of hydrogen-bond donors (Lipinski definition) is 1. The van der Waals surface area contributed by atoms with E-state index in [1.807, 2.05) is 6.26 Å².